The number of aromatic nitrogens is 2. The van der Waals surface area contributed by atoms with E-state index in [-0.39, 0.29) is 36.3 Å². The molecule has 2 aromatic heterocycles. The number of carbonyl (C=O) groups is 1. The molecule has 1 amide bonds. The third-order valence-corrected chi connectivity index (χ3v) is 9.37. The van der Waals surface area contributed by atoms with Gasteiger partial charge in [-0.2, -0.15) is 5.26 Å². The van der Waals surface area contributed by atoms with Gasteiger partial charge in [-0.15, -0.1) is 0 Å². The number of benzene rings is 1. The topological polar surface area (TPSA) is 127 Å². The number of rotatable bonds is 9. The van der Waals surface area contributed by atoms with Gasteiger partial charge >= 0.3 is 0 Å². The van der Waals surface area contributed by atoms with Crippen molar-refractivity contribution >= 4 is 23.6 Å². The van der Waals surface area contributed by atoms with Crippen LogP contribution in [0.4, 0.5) is 20.3 Å². The van der Waals surface area contributed by atoms with Crippen LogP contribution in [-0.4, -0.2) is 71.5 Å². The molecule has 0 unspecified atom stereocenters. The van der Waals surface area contributed by atoms with Gasteiger partial charge in [-0.3, -0.25) is 19.6 Å². The van der Waals surface area contributed by atoms with E-state index in [2.05, 4.69) is 49.0 Å². The van der Waals surface area contributed by atoms with Crippen LogP contribution in [-0.2, 0) is 22.5 Å². The second-order valence-electron chi connectivity index (χ2n) is 13.4. The molecule has 3 aromatic rings. The monoisotopic (exact) mass is 643 g/mol. The molecule has 246 valence electrons. The number of piperidine rings is 1. The van der Waals surface area contributed by atoms with Crippen molar-refractivity contribution in [1.82, 2.24) is 14.9 Å². The Kier molecular flexibility index (Phi) is 8.96. The summed E-state index contributed by atoms with van der Waals surface area (Å²) in [6, 6.07) is 8.38. The number of anilines is 2. The summed E-state index contributed by atoms with van der Waals surface area (Å²) >= 11 is 0. The van der Waals surface area contributed by atoms with E-state index < -0.39 is 17.5 Å². The Balaban J connectivity index is 1.37. The highest BCUT2D eigenvalue weighted by atomic mass is 19.1. The average molecular weight is 644 g/mol. The van der Waals surface area contributed by atoms with E-state index in [1.165, 1.54) is 11.1 Å². The van der Waals surface area contributed by atoms with E-state index >= 15 is 0 Å². The summed E-state index contributed by atoms with van der Waals surface area (Å²) in [7, 11) is 0. The number of nitrogens with zero attached hydrogens (tertiary/aromatic N) is 5. The molecular formula is C35H39F2N7O3. The first-order valence-electron chi connectivity index (χ1n) is 16.0. The average Bonchev–Trinajstić information content (AvgIpc) is 3.02. The van der Waals surface area contributed by atoms with Gasteiger partial charge in [0.15, 0.2) is 6.61 Å². The third-order valence-electron chi connectivity index (χ3n) is 9.37. The van der Waals surface area contributed by atoms with Crippen LogP contribution in [0.25, 0.3) is 11.1 Å². The quantitative estimate of drug-likeness (QED) is 0.300. The number of fused-ring (bicyclic) bond motifs is 1. The second-order valence-corrected chi connectivity index (χ2v) is 13.4. The van der Waals surface area contributed by atoms with E-state index in [1.807, 2.05) is 0 Å². The molecule has 0 bridgehead atoms. The van der Waals surface area contributed by atoms with Gasteiger partial charge in [-0.25, -0.2) is 13.8 Å². The first kappa shape index (κ1) is 32.5. The predicted molar refractivity (Wildman–Crippen MR) is 174 cm³/mol. The molecule has 2 N–H and O–H groups in total. The van der Waals surface area contributed by atoms with Gasteiger partial charge in [0.1, 0.15) is 29.3 Å². The SMILES string of the molecule is CC(C)Cc1nc(N[C@@H]2CCN(C3(C)COC3)C[C@H]2C)c(C=N)c(-c2ccc3c(c2)OCC(=O)N3Cc2ncc(F)cc2F)c1C#N. The molecule has 0 radical (unpaired) electrons. The van der Waals surface area contributed by atoms with Crippen LogP contribution in [0.2, 0.25) is 0 Å². The lowest BCUT2D eigenvalue weighted by Gasteiger charge is -2.51. The molecule has 3 aliphatic rings. The Morgan fingerprint density at radius 1 is 1.26 bits per heavy atom. The van der Waals surface area contributed by atoms with Crippen LogP contribution >= 0.6 is 0 Å². The van der Waals surface area contributed by atoms with Crippen LogP contribution in [0, 0.1) is 40.2 Å². The summed E-state index contributed by atoms with van der Waals surface area (Å²) in [5.41, 5.74) is 3.08. The smallest absolute Gasteiger partial charge is 0.265 e. The Labute approximate surface area is 273 Å². The number of hydrogen-bond donors (Lipinski definition) is 2. The predicted octanol–water partition coefficient (Wildman–Crippen LogP) is 5.33. The molecule has 6 rings (SSSR count). The molecule has 3 aliphatic heterocycles. The van der Waals surface area contributed by atoms with Gasteiger partial charge in [-0.1, -0.05) is 26.8 Å². The van der Waals surface area contributed by atoms with Crippen molar-refractivity contribution in [3.63, 3.8) is 0 Å². The molecule has 47 heavy (non-hydrogen) atoms. The first-order valence-corrected chi connectivity index (χ1v) is 16.0. The molecule has 0 spiro atoms. The molecule has 2 saturated heterocycles. The lowest BCUT2D eigenvalue weighted by atomic mass is 9.87. The normalized spacial score (nSPS) is 20.6. The van der Waals surface area contributed by atoms with Crippen molar-refractivity contribution in [2.45, 2.75) is 58.7 Å². The van der Waals surface area contributed by atoms with E-state index in [1.54, 1.807) is 18.2 Å². The first-order chi connectivity index (χ1) is 22.5. The summed E-state index contributed by atoms with van der Waals surface area (Å²) in [5.74, 6) is -0.617. The van der Waals surface area contributed by atoms with Crippen LogP contribution in [0.3, 0.4) is 0 Å². The number of nitrogens with one attached hydrogen (secondary N) is 2. The lowest BCUT2D eigenvalue weighted by Crippen LogP contribution is -2.64. The zero-order chi connectivity index (χ0) is 33.5. The summed E-state index contributed by atoms with van der Waals surface area (Å²) in [6.07, 6.45) is 3.60. The van der Waals surface area contributed by atoms with Crippen LogP contribution < -0.4 is 15.0 Å². The lowest BCUT2D eigenvalue weighted by molar-refractivity contribution is -0.140. The van der Waals surface area contributed by atoms with Gasteiger partial charge in [0.25, 0.3) is 5.91 Å². The maximum absolute atomic E-state index is 14.5. The number of pyridine rings is 2. The molecule has 2 fully saturated rings. The van der Waals surface area contributed by atoms with Crippen molar-refractivity contribution < 1.29 is 23.0 Å². The highest BCUT2D eigenvalue weighted by Gasteiger charge is 2.42. The number of carbonyl (C=O) groups excluding carboxylic acids is 1. The maximum atomic E-state index is 14.5. The van der Waals surface area contributed by atoms with Gasteiger partial charge in [0, 0.05) is 42.5 Å². The van der Waals surface area contributed by atoms with E-state index in [4.69, 9.17) is 19.9 Å². The summed E-state index contributed by atoms with van der Waals surface area (Å²) in [4.78, 5) is 25.5. The Morgan fingerprint density at radius 3 is 2.68 bits per heavy atom. The van der Waals surface area contributed by atoms with E-state index in [0.717, 1.165) is 45.0 Å². The fraction of sp³-hybridized carbons (Fsp3) is 0.457. The fourth-order valence-corrected chi connectivity index (χ4v) is 6.70. The van der Waals surface area contributed by atoms with Gasteiger partial charge < -0.3 is 20.2 Å². The van der Waals surface area contributed by atoms with Gasteiger partial charge in [0.2, 0.25) is 0 Å². The number of halogens is 2. The Bertz CT molecular complexity index is 1750. The molecule has 0 saturated carbocycles. The van der Waals surface area contributed by atoms with Crippen molar-refractivity contribution in [2.75, 3.05) is 43.1 Å². The molecule has 5 heterocycles. The number of hydrogen-bond acceptors (Lipinski definition) is 9. The van der Waals surface area contributed by atoms with Crippen molar-refractivity contribution in [3.05, 3.63) is 64.6 Å². The number of amides is 1. The standard InChI is InChI=1S/C35H39F2N7O3/c1-20(2)9-28-24(12-38)33(25(13-39)34(42-28)41-27-7-8-43(15-21(27)3)35(4)18-46-19-35)22-5-6-30-31(10-22)47-17-32(45)44(30)16-29-26(37)11-23(36)14-40-29/h5-6,10-11,13-14,20-21,27,39H,7-9,15-19H2,1-4H3,(H,41,42)/t21-,27-/m1/s1. The third kappa shape index (κ3) is 6.30. The van der Waals surface area contributed by atoms with Crippen molar-refractivity contribution in [1.29, 1.82) is 10.7 Å². The van der Waals surface area contributed by atoms with Crippen LogP contribution in [0.1, 0.15) is 56.6 Å². The number of likely N-dealkylation sites (tertiary alicyclic amines) is 1. The zero-order valence-electron chi connectivity index (χ0n) is 27.1. The van der Waals surface area contributed by atoms with E-state index in [9.17, 15) is 18.8 Å². The molecule has 0 aliphatic carbocycles. The molecule has 2 atom stereocenters. The maximum Gasteiger partial charge on any atom is 0.265 e. The fourth-order valence-electron chi connectivity index (χ4n) is 6.70. The molecule has 1 aromatic carbocycles. The summed E-state index contributed by atoms with van der Waals surface area (Å²) in [5, 5.41) is 22.6. The number of ether oxygens (including phenoxy) is 2. The van der Waals surface area contributed by atoms with Gasteiger partial charge in [0.05, 0.1) is 54.1 Å². The van der Waals surface area contributed by atoms with Crippen molar-refractivity contribution in [3.8, 4) is 22.9 Å². The van der Waals surface area contributed by atoms with Crippen LogP contribution in [0.15, 0.2) is 30.5 Å². The zero-order valence-corrected chi connectivity index (χ0v) is 27.1. The second kappa shape index (κ2) is 13.0. The summed E-state index contributed by atoms with van der Waals surface area (Å²) < 4.78 is 39.3. The molecule has 12 heteroatoms. The Hall–Kier alpha value is -4.47. The van der Waals surface area contributed by atoms with Gasteiger partial charge in [-0.05, 0) is 49.3 Å². The summed E-state index contributed by atoms with van der Waals surface area (Å²) in [6.45, 7) is 11.4. The molecule has 10 nitrogen and oxygen atoms in total. The highest BCUT2D eigenvalue weighted by Crippen LogP contribution is 2.41. The largest absolute Gasteiger partial charge is 0.482 e. The van der Waals surface area contributed by atoms with Crippen LogP contribution in [0.5, 0.6) is 5.75 Å². The number of nitriles is 1. The van der Waals surface area contributed by atoms with E-state index in [0.29, 0.717) is 57.5 Å². The van der Waals surface area contributed by atoms with Crippen molar-refractivity contribution in [2.24, 2.45) is 11.8 Å². The Morgan fingerprint density at radius 2 is 2.04 bits per heavy atom. The minimum absolute atomic E-state index is 0.0715. The minimum Gasteiger partial charge on any atom is -0.482 e. The highest BCUT2D eigenvalue weighted by molar-refractivity contribution is 6.00. The minimum atomic E-state index is -0.850. The molecular weight excluding hydrogens is 604 g/mol.